The summed E-state index contributed by atoms with van der Waals surface area (Å²) in [5, 5.41) is 5.97. The summed E-state index contributed by atoms with van der Waals surface area (Å²) in [6.07, 6.45) is 1.59. The summed E-state index contributed by atoms with van der Waals surface area (Å²) >= 11 is 0. The molecule has 2 N–H and O–H groups in total. The molecule has 0 saturated heterocycles. The Balaban J connectivity index is 2.50. The number of hydrogen-bond acceptors (Lipinski definition) is 3. The molecule has 4 nitrogen and oxygen atoms in total. The summed E-state index contributed by atoms with van der Waals surface area (Å²) in [6, 6.07) is 9.43. The molecule has 0 aliphatic heterocycles. The number of aryl methyl sites for hydroxylation is 2. The molecule has 0 atom stereocenters. The van der Waals surface area contributed by atoms with Gasteiger partial charge in [-0.2, -0.15) is 0 Å². The highest BCUT2D eigenvalue weighted by molar-refractivity contribution is 7.89. The van der Waals surface area contributed by atoms with Gasteiger partial charge in [-0.15, -0.1) is 0 Å². The number of nitrogens with two attached hydrogens (primary N) is 1. The van der Waals surface area contributed by atoms with E-state index in [1.807, 2.05) is 6.07 Å². The van der Waals surface area contributed by atoms with Crippen LogP contribution in [0, 0.1) is 19.7 Å². The maximum Gasteiger partial charge on any atom is 0.238 e. The van der Waals surface area contributed by atoms with Crippen molar-refractivity contribution in [3.8, 4) is 11.1 Å². The molecule has 0 fully saturated rings. The molecule has 0 unspecified atom stereocenters. The van der Waals surface area contributed by atoms with E-state index in [0.29, 0.717) is 27.6 Å². The van der Waals surface area contributed by atoms with Gasteiger partial charge in [-0.25, -0.2) is 17.9 Å². The number of fused-ring (bicyclic) bond motifs is 1. The second-order valence-corrected chi connectivity index (χ2v) is 7.06. The van der Waals surface area contributed by atoms with E-state index in [4.69, 9.17) is 5.14 Å². The molecule has 1 aromatic heterocycles. The normalized spacial score (nSPS) is 11.8. The zero-order chi connectivity index (χ0) is 16.8. The van der Waals surface area contributed by atoms with E-state index in [-0.39, 0.29) is 4.90 Å². The third-order valence-corrected chi connectivity index (χ3v) is 4.62. The highest BCUT2D eigenvalue weighted by atomic mass is 32.2. The Labute approximate surface area is 133 Å². The van der Waals surface area contributed by atoms with Crippen LogP contribution in [0.4, 0.5) is 4.39 Å². The molecule has 2 aromatic carbocycles. The molecule has 0 saturated carbocycles. The maximum absolute atomic E-state index is 14.0. The number of halogens is 1. The monoisotopic (exact) mass is 330 g/mol. The molecule has 0 radical (unpaired) electrons. The maximum atomic E-state index is 14.0. The third-order valence-electron chi connectivity index (χ3n) is 3.69. The summed E-state index contributed by atoms with van der Waals surface area (Å²) in [4.78, 5) is 4.26. The van der Waals surface area contributed by atoms with E-state index in [9.17, 15) is 12.8 Å². The summed E-state index contributed by atoms with van der Waals surface area (Å²) in [5.41, 5.74) is 2.81. The average Bonchev–Trinajstić information content (AvgIpc) is 2.44. The summed E-state index contributed by atoms with van der Waals surface area (Å²) < 4.78 is 38.0. The van der Waals surface area contributed by atoms with Crippen LogP contribution in [0.3, 0.4) is 0 Å². The minimum atomic E-state index is -3.96. The van der Waals surface area contributed by atoms with Gasteiger partial charge < -0.3 is 0 Å². The number of benzene rings is 2. The Morgan fingerprint density at radius 3 is 2.57 bits per heavy atom. The van der Waals surface area contributed by atoms with Crippen molar-refractivity contribution in [1.29, 1.82) is 0 Å². The first-order valence-corrected chi connectivity index (χ1v) is 8.51. The van der Waals surface area contributed by atoms with Gasteiger partial charge in [0.25, 0.3) is 0 Å². The predicted molar refractivity (Wildman–Crippen MR) is 88.0 cm³/mol. The number of nitrogens with zero attached hydrogens (tertiary/aromatic N) is 1. The van der Waals surface area contributed by atoms with Crippen LogP contribution in [0.25, 0.3) is 22.0 Å². The van der Waals surface area contributed by atoms with Crippen LogP contribution in [0.5, 0.6) is 0 Å². The predicted octanol–water partition coefficient (Wildman–Crippen LogP) is 3.31. The first kappa shape index (κ1) is 15.6. The van der Waals surface area contributed by atoms with Gasteiger partial charge >= 0.3 is 0 Å². The van der Waals surface area contributed by atoms with Crippen molar-refractivity contribution in [1.82, 2.24) is 4.98 Å². The molecule has 0 amide bonds. The molecular formula is C17H15FN2O2S. The van der Waals surface area contributed by atoms with E-state index in [1.165, 1.54) is 18.2 Å². The largest absolute Gasteiger partial charge is 0.256 e. The van der Waals surface area contributed by atoms with Crippen molar-refractivity contribution < 1.29 is 12.8 Å². The lowest BCUT2D eigenvalue weighted by Gasteiger charge is -2.15. The van der Waals surface area contributed by atoms with Gasteiger partial charge in [-0.3, -0.25) is 4.98 Å². The van der Waals surface area contributed by atoms with Crippen molar-refractivity contribution in [2.45, 2.75) is 18.7 Å². The highest BCUT2D eigenvalue weighted by Crippen LogP contribution is 2.35. The Kier molecular flexibility index (Phi) is 3.66. The molecule has 1 heterocycles. The average molecular weight is 330 g/mol. The van der Waals surface area contributed by atoms with E-state index < -0.39 is 15.8 Å². The molecule has 3 aromatic rings. The van der Waals surface area contributed by atoms with Crippen molar-refractivity contribution in [2.75, 3.05) is 0 Å². The van der Waals surface area contributed by atoms with Crippen LogP contribution in [0.2, 0.25) is 0 Å². The van der Waals surface area contributed by atoms with E-state index in [2.05, 4.69) is 4.98 Å². The minimum absolute atomic E-state index is 0.0208. The molecular weight excluding hydrogens is 315 g/mol. The van der Waals surface area contributed by atoms with Gasteiger partial charge in [0.2, 0.25) is 10.0 Å². The Hall–Kier alpha value is -2.31. The van der Waals surface area contributed by atoms with Crippen LogP contribution in [0.15, 0.2) is 47.5 Å². The lowest BCUT2D eigenvalue weighted by molar-refractivity contribution is 0.597. The summed E-state index contributed by atoms with van der Waals surface area (Å²) in [6.45, 7) is 3.56. The van der Waals surface area contributed by atoms with Gasteiger partial charge in [0.15, 0.2) is 0 Å². The van der Waals surface area contributed by atoms with Crippen molar-refractivity contribution >= 4 is 20.9 Å². The first-order valence-electron chi connectivity index (χ1n) is 6.96. The topological polar surface area (TPSA) is 73.0 Å². The summed E-state index contributed by atoms with van der Waals surface area (Å²) in [5.74, 6) is -0.458. The number of primary sulfonamides is 1. The van der Waals surface area contributed by atoms with Gasteiger partial charge in [-0.1, -0.05) is 12.1 Å². The molecule has 3 rings (SSSR count). The zero-order valence-electron chi connectivity index (χ0n) is 12.7. The summed E-state index contributed by atoms with van der Waals surface area (Å²) in [7, 11) is -3.96. The Bertz CT molecular complexity index is 1030. The van der Waals surface area contributed by atoms with Crippen LogP contribution < -0.4 is 5.14 Å². The minimum Gasteiger partial charge on any atom is -0.256 e. The fourth-order valence-corrected chi connectivity index (χ4v) is 3.75. The molecule has 0 bridgehead atoms. The smallest absolute Gasteiger partial charge is 0.238 e. The fraction of sp³-hybridized carbons (Fsp3) is 0.118. The van der Waals surface area contributed by atoms with Crippen molar-refractivity contribution in [3.05, 3.63) is 59.5 Å². The fourth-order valence-electron chi connectivity index (χ4n) is 2.84. The van der Waals surface area contributed by atoms with Crippen LogP contribution in [0.1, 0.15) is 11.1 Å². The van der Waals surface area contributed by atoms with E-state index in [1.54, 1.807) is 32.2 Å². The van der Waals surface area contributed by atoms with Crippen molar-refractivity contribution in [2.24, 2.45) is 5.14 Å². The number of hydrogen-bond donors (Lipinski definition) is 1. The third kappa shape index (κ3) is 2.83. The van der Waals surface area contributed by atoms with E-state index in [0.717, 1.165) is 5.56 Å². The lowest BCUT2D eigenvalue weighted by atomic mass is 9.96. The number of aromatic nitrogens is 1. The molecule has 23 heavy (non-hydrogen) atoms. The Morgan fingerprint density at radius 2 is 1.87 bits per heavy atom. The van der Waals surface area contributed by atoms with E-state index >= 15 is 0 Å². The van der Waals surface area contributed by atoms with Gasteiger partial charge in [0, 0.05) is 22.7 Å². The SMILES string of the molecule is Cc1cc(C)c(-c2cc(F)cc3cccnc23)c(S(N)(=O)=O)c1. The number of rotatable bonds is 2. The van der Waals surface area contributed by atoms with Gasteiger partial charge in [0.05, 0.1) is 10.4 Å². The molecule has 118 valence electrons. The zero-order valence-corrected chi connectivity index (χ0v) is 13.5. The number of pyridine rings is 1. The molecule has 6 heteroatoms. The van der Waals surface area contributed by atoms with Crippen LogP contribution >= 0.6 is 0 Å². The van der Waals surface area contributed by atoms with Crippen LogP contribution in [-0.2, 0) is 10.0 Å². The quantitative estimate of drug-likeness (QED) is 0.783. The van der Waals surface area contributed by atoms with Crippen LogP contribution in [-0.4, -0.2) is 13.4 Å². The lowest BCUT2D eigenvalue weighted by Crippen LogP contribution is -2.14. The molecule has 0 spiro atoms. The molecule has 0 aliphatic rings. The highest BCUT2D eigenvalue weighted by Gasteiger charge is 2.20. The number of sulfonamides is 1. The van der Waals surface area contributed by atoms with Gasteiger partial charge in [0.1, 0.15) is 5.82 Å². The first-order chi connectivity index (χ1) is 10.8. The standard InChI is InChI=1S/C17H15FN2O2S/c1-10-6-11(2)16(15(7-10)23(19,21)22)14-9-13(18)8-12-4-3-5-20-17(12)14/h3-9H,1-2H3,(H2,19,21,22). The second kappa shape index (κ2) is 5.40. The van der Waals surface area contributed by atoms with Crippen molar-refractivity contribution in [3.63, 3.8) is 0 Å². The molecule has 0 aliphatic carbocycles. The second-order valence-electron chi connectivity index (χ2n) is 5.53. The Morgan fingerprint density at radius 1 is 1.13 bits per heavy atom. The van der Waals surface area contributed by atoms with Gasteiger partial charge in [-0.05, 0) is 49.2 Å².